The van der Waals surface area contributed by atoms with Crippen LogP contribution in [0, 0.1) is 35.5 Å². The Morgan fingerprint density at radius 1 is 0.344 bits per heavy atom. The Morgan fingerprint density at radius 2 is 0.648 bits per heavy atom. The molecule has 6 aliphatic carbocycles. The first-order valence-electron chi connectivity index (χ1n) is 45.6. The van der Waals surface area contributed by atoms with E-state index >= 15 is 0 Å². The van der Waals surface area contributed by atoms with E-state index in [9.17, 15) is 47.9 Å². The highest BCUT2D eigenvalue weighted by Crippen LogP contribution is 2.44. The molecule has 6 aromatic rings. The lowest BCUT2D eigenvalue weighted by molar-refractivity contribution is -0.172. The van der Waals surface area contributed by atoms with Gasteiger partial charge in [0.2, 0.25) is 40.6 Å². The van der Waals surface area contributed by atoms with Crippen LogP contribution >= 0.6 is 24.0 Å². The summed E-state index contributed by atoms with van der Waals surface area (Å²) >= 11 is 6.62. The molecule has 0 bridgehead atoms. The number of thioether (sulfide) groups is 1. The molecule has 6 saturated carbocycles. The smallest absolute Gasteiger partial charge is 0.251 e. The molecule has 0 aromatic heterocycles. The lowest BCUT2D eigenvalue weighted by Crippen LogP contribution is -2.65. The zero-order valence-corrected chi connectivity index (χ0v) is 72.9. The minimum absolute atomic E-state index is 0.00300. The summed E-state index contributed by atoms with van der Waals surface area (Å²) in [5.41, 5.74) is 5.96. The second-order valence-corrected chi connectivity index (χ2v) is 36.3. The van der Waals surface area contributed by atoms with Crippen LogP contribution in [0.5, 0.6) is 17.2 Å². The predicted molar refractivity (Wildman–Crippen MR) is 476 cm³/mol. The third-order valence-corrected chi connectivity index (χ3v) is 28.2. The first kappa shape index (κ1) is 90.2. The Balaban J connectivity index is 0.000000158. The van der Waals surface area contributed by atoms with Crippen LogP contribution in [-0.2, 0) is 52.5 Å². The number of nitrogens with zero attached hydrogens (tertiary/aromatic N) is 3. The molecule has 9 aliphatic rings. The number of thiocarbonyl (C=S) groups is 1. The summed E-state index contributed by atoms with van der Waals surface area (Å²) in [7, 11) is 3.19. The van der Waals surface area contributed by atoms with E-state index < -0.39 is 0 Å². The third-order valence-electron chi connectivity index (χ3n) is 26.9. The molecule has 0 spiro atoms. The molecule has 3 saturated heterocycles. The number of hydrogen-bond acceptors (Lipinski definition) is 16. The monoisotopic (exact) mass is 1700 g/mol. The van der Waals surface area contributed by atoms with E-state index in [1.54, 1.807) is 83.5 Å². The Labute approximate surface area is 730 Å². The topological polar surface area (TPSA) is 253 Å². The summed E-state index contributed by atoms with van der Waals surface area (Å²) in [5, 5.41) is 10.0. The van der Waals surface area contributed by atoms with Crippen molar-refractivity contribution in [3.8, 4) is 17.2 Å². The van der Waals surface area contributed by atoms with Crippen molar-refractivity contribution in [2.45, 2.75) is 286 Å². The molecule has 6 aromatic carbocycles. The van der Waals surface area contributed by atoms with Gasteiger partial charge in [-0.15, -0.1) is 0 Å². The summed E-state index contributed by atoms with van der Waals surface area (Å²) in [6.45, 7) is 0.643. The van der Waals surface area contributed by atoms with Crippen LogP contribution in [0.4, 0.5) is 0 Å². The van der Waals surface area contributed by atoms with E-state index in [4.69, 9.17) is 31.2 Å². The number of nitrogens with one attached hydrogen (secondary N) is 3. The molecule has 0 radical (unpaired) electrons. The van der Waals surface area contributed by atoms with Crippen molar-refractivity contribution >= 4 is 87.3 Å². The molecule has 3 N–H and O–H groups in total. The number of ether oxygens (including phenoxy) is 4. The second kappa shape index (κ2) is 45.2. The SMILES string of the molecule is COc1cc(OC)cc(OCc2ccc(C(=O)N[C@H]3CCCCCC[C@H]3C(=O)N3C(=O)[C@@H]4CCCCCC[C@@H]43)cc2)c1.O=C(N[C@H]1CCCCCC[C@H]1C(=O)N1C(=O)[C@@H]2CCCCCC[C@@H]21)c1ccc(COC(=S)c2ccccc2)cc1.O=C(N[C@H]1CCCCCC[C@H]1C(=O)N1C(=O)[C@@H]2CCCCCC[C@@H]21)c1ccc(CSC(=O)c2ccccc2)cc1. The van der Waals surface area contributed by atoms with Crippen molar-refractivity contribution in [1.29, 1.82) is 0 Å². The van der Waals surface area contributed by atoms with Crippen LogP contribution in [0.1, 0.15) is 295 Å². The molecule has 3 heterocycles. The molecule has 650 valence electrons. The van der Waals surface area contributed by atoms with Crippen molar-refractivity contribution in [2.75, 3.05) is 14.2 Å². The second-order valence-electron chi connectivity index (χ2n) is 35.0. The highest BCUT2D eigenvalue weighted by Gasteiger charge is 2.55. The molecule has 0 unspecified atom stereocenters. The Kier molecular flexibility index (Phi) is 33.4. The first-order chi connectivity index (χ1) is 59.5. The molecule has 15 rings (SSSR count). The Hall–Kier alpha value is -9.54. The van der Waals surface area contributed by atoms with Gasteiger partial charge in [-0.3, -0.25) is 62.6 Å². The zero-order chi connectivity index (χ0) is 85.3. The number of likely N-dealkylation sites (tertiary alicyclic amines) is 3. The number of rotatable bonds is 20. The molecule has 12 atom stereocenters. The maximum atomic E-state index is 13.9. The number of hydrogen-bond donors (Lipinski definition) is 3. The Bertz CT molecular complexity index is 4340. The van der Waals surface area contributed by atoms with Crippen molar-refractivity contribution in [2.24, 2.45) is 35.5 Å². The molecule has 22 heteroatoms. The van der Waals surface area contributed by atoms with Gasteiger partial charge in [-0.05, 0) is 142 Å². The quantitative estimate of drug-likeness (QED) is 0.0365. The van der Waals surface area contributed by atoms with Crippen LogP contribution in [0.3, 0.4) is 0 Å². The number of carbonyl (C=O) groups excluding carboxylic acids is 10. The average Bonchev–Trinajstić information content (AvgIpc) is 0.759. The van der Waals surface area contributed by atoms with E-state index in [1.807, 2.05) is 97.1 Å². The fourth-order valence-corrected chi connectivity index (χ4v) is 20.8. The van der Waals surface area contributed by atoms with Gasteiger partial charge >= 0.3 is 0 Å². The molecular formula is C100H124N6O14S2. The van der Waals surface area contributed by atoms with E-state index in [2.05, 4.69) is 16.0 Å². The molecule has 9 amide bonds. The van der Waals surface area contributed by atoms with Gasteiger partial charge in [0, 0.05) is 69.9 Å². The molecule has 9 fully saturated rings. The number of amides is 9. The van der Waals surface area contributed by atoms with Crippen LogP contribution in [0.2, 0.25) is 0 Å². The van der Waals surface area contributed by atoms with Crippen molar-refractivity contribution in [1.82, 2.24) is 30.7 Å². The van der Waals surface area contributed by atoms with Gasteiger partial charge in [-0.2, -0.15) is 0 Å². The maximum absolute atomic E-state index is 13.9. The van der Waals surface area contributed by atoms with Gasteiger partial charge in [0.1, 0.15) is 30.5 Å². The number of carbonyl (C=O) groups is 10. The normalized spacial score (nSPS) is 25.0. The van der Waals surface area contributed by atoms with Crippen LogP contribution < -0.4 is 30.2 Å². The first-order valence-corrected chi connectivity index (χ1v) is 47.0. The lowest BCUT2D eigenvalue weighted by Gasteiger charge is -2.49. The lowest BCUT2D eigenvalue weighted by atomic mass is 9.76. The van der Waals surface area contributed by atoms with Crippen molar-refractivity contribution < 1.29 is 66.9 Å². The maximum Gasteiger partial charge on any atom is 0.251 e. The predicted octanol–water partition coefficient (Wildman–Crippen LogP) is 19.0. The summed E-state index contributed by atoms with van der Waals surface area (Å²) < 4.78 is 22.3. The fraction of sp³-hybridized carbons (Fsp3) is 0.530. The largest absolute Gasteiger partial charge is 0.496 e. The van der Waals surface area contributed by atoms with Gasteiger partial charge in [0.05, 0.1) is 67.9 Å². The molecule has 122 heavy (non-hydrogen) atoms. The van der Waals surface area contributed by atoms with Gasteiger partial charge in [0.25, 0.3) is 17.7 Å². The minimum atomic E-state index is -0.364. The summed E-state index contributed by atoms with van der Waals surface area (Å²) in [6, 6.07) is 45.5. The third kappa shape index (κ3) is 23.5. The summed E-state index contributed by atoms with van der Waals surface area (Å²) in [5.74, 6) is 0.606. The summed E-state index contributed by atoms with van der Waals surface area (Å²) in [6.07, 6.45) is 35.5. The molecule has 3 aliphatic heterocycles. The van der Waals surface area contributed by atoms with Gasteiger partial charge in [-0.25, -0.2) is 0 Å². The Morgan fingerprint density at radius 3 is 1.00 bits per heavy atom. The van der Waals surface area contributed by atoms with Gasteiger partial charge in [-0.1, -0.05) is 263 Å². The van der Waals surface area contributed by atoms with E-state index in [1.165, 1.54) is 50.3 Å². The highest BCUT2D eigenvalue weighted by molar-refractivity contribution is 8.13. The standard InChI is InChI=1S/C34H44N2O6.2C33H40N2O4S/c1-40-25-19-26(41-2)21-27(20-25)42-22-23-15-17-24(18-16-23)32(37)35-30-13-9-5-3-7-11-28(30)33(38)36-31-14-10-6-4-8-12-29(31)34(36)39;36-30(24-20-18-23(19-21-24)22-40-33(39)25-12-6-5-7-13-25)34-28-16-10-3-1-8-14-26(28)31(37)35-29-17-11-4-2-9-15-27(29)32(35)38;36-30(24-20-18-23(19-21-24)22-39-33(40)25-12-6-5-7-13-25)34-28-16-10-3-1-8-14-26(28)31(37)35-29-17-11-4-2-9-15-27(29)32(35)38/h15-21,28-31H,3-14,22H2,1-2H3,(H,35,37);2*5-7,12-13,18-21,26-29H,1-4,8-11,14-17,22H2,(H,34,36)/t28-,29-,30+,31+;2*26-,27-,28+,29+/m111/s1. The number of methoxy groups -OCH3 is 2. The average molecular weight is 1700 g/mol. The van der Waals surface area contributed by atoms with Gasteiger partial charge < -0.3 is 34.9 Å². The zero-order valence-electron chi connectivity index (χ0n) is 71.3. The van der Waals surface area contributed by atoms with Crippen molar-refractivity contribution in [3.63, 3.8) is 0 Å². The number of imide groups is 3. The highest BCUT2D eigenvalue weighted by atomic mass is 32.2. The van der Waals surface area contributed by atoms with E-state index in [0.717, 1.165) is 196 Å². The van der Waals surface area contributed by atoms with Crippen LogP contribution in [-0.4, -0.2) is 129 Å². The summed E-state index contributed by atoms with van der Waals surface area (Å²) in [4.78, 5) is 138. The van der Waals surface area contributed by atoms with Crippen LogP contribution in [0.25, 0.3) is 0 Å². The van der Waals surface area contributed by atoms with E-state index in [-0.39, 0.29) is 130 Å². The van der Waals surface area contributed by atoms with Crippen LogP contribution in [0.15, 0.2) is 152 Å². The fourth-order valence-electron chi connectivity index (χ4n) is 19.8. The molecular weight excluding hydrogens is 1570 g/mol. The number of β-lactam (4-membered cyclic amide) rings is 3. The molecule has 20 nitrogen and oxygen atoms in total. The number of fused-ring (bicyclic) bond motifs is 3. The van der Waals surface area contributed by atoms with Crippen molar-refractivity contribution in [3.05, 3.63) is 196 Å². The van der Waals surface area contributed by atoms with Gasteiger partial charge in [0.15, 0.2) is 5.05 Å². The minimum Gasteiger partial charge on any atom is -0.496 e. The number of benzene rings is 6. The van der Waals surface area contributed by atoms with E-state index in [0.29, 0.717) is 82.8 Å².